The fourth-order valence-electron chi connectivity index (χ4n) is 5.02. The molecule has 7 nitrogen and oxygen atoms in total. The van der Waals surface area contributed by atoms with Crippen LogP contribution in [-0.2, 0) is 16.6 Å². The van der Waals surface area contributed by atoms with Gasteiger partial charge in [0.2, 0.25) is 10.0 Å². The smallest absolute Gasteiger partial charge is 0.232 e. The van der Waals surface area contributed by atoms with Crippen LogP contribution in [0.1, 0.15) is 49.3 Å². The molecule has 8 heteroatoms. The van der Waals surface area contributed by atoms with Gasteiger partial charge in [-0.15, -0.1) is 0 Å². The number of anilines is 1. The molecule has 0 aliphatic carbocycles. The van der Waals surface area contributed by atoms with Gasteiger partial charge in [0.1, 0.15) is 0 Å². The van der Waals surface area contributed by atoms with Crippen molar-refractivity contribution in [1.29, 1.82) is 0 Å². The van der Waals surface area contributed by atoms with Crippen LogP contribution in [-0.4, -0.2) is 48.0 Å². The van der Waals surface area contributed by atoms with Crippen LogP contribution in [0, 0.1) is 0 Å². The van der Waals surface area contributed by atoms with Gasteiger partial charge in [-0.25, -0.2) is 13.4 Å². The third kappa shape index (κ3) is 6.09. The van der Waals surface area contributed by atoms with Crippen molar-refractivity contribution < 1.29 is 13.5 Å². The van der Waals surface area contributed by atoms with Crippen molar-refractivity contribution in [3.05, 3.63) is 89.5 Å². The number of hydrogen-bond donors (Lipinski definition) is 3. The van der Waals surface area contributed by atoms with E-state index in [1.54, 1.807) is 18.2 Å². The summed E-state index contributed by atoms with van der Waals surface area (Å²) in [4.78, 5) is 10.5. The molecule has 0 atom stereocenters. The van der Waals surface area contributed by atoms with E-state index < -0.39 is 10.0 Å². The Bertz CT molecular complexity index is 1520. The average Bonchev–Trinajstić information content (AvgIpc) is 3.24. The molecular weight excluding hydrogens is 496 g/mol. The molecule has 0 amide bonds. The summed E-state index contributed by atoms with van der Waals surface area (Å²) in [6, 6.07) is 23.2. The summed E-state index contributed by atoms with van der Waals surface area (Å²) in [5, 5.41) is 11.7. The SMILES string of the molecule is CCCS(=O)(=O)Nc1ccc2[nH]c(O)c(C(=Nc3ccc(CN4CCCCC4)cc3)c3ccccc3)c2c1. The van der Waals surface area contributed by atoms with E-state index in [0.29, 0.717) is 34.3 Å². The first-order valence-electron chi connectivity index (χ1n) is 13.2. The molecule has 0 radical (unpaired) electrons. The van der Waals surface area contributed by atoms with Crippen molar-refractivity contribution in [3.8, 4) is 5.88 Å². The lowest BCUT2D eigenvalue weighted by Gasteiger charge is -2.26. The van der Waals surface area contributed by atoms with E-state index >= 15 is 0 Å². The van der Waals surface area contributed by atoms with Crippen molar-refractivity contribution in [3.63, 3.8) is 0 Å². The van der Waals surface area contributed by atoms with Crippen molar-refractivity contribution >= 4 is 38.0 Å². The number of likely N-dealkylation sites (tertiary alicyclic amines) is 1. The molecule has 3 aromatic carbocycles. The van der Waals surface area contributed by atoms with E-state index in [2.05, 4.69) is 26.7 Å². The van der Waals surface area contributed by atoms with Gasteiger partial charge in [-0.3, -0.25) is 9.62 Å². The maximum atomic E-state index is 12.4. The molecule has 1 fully saturated rings. The first kappa shape index (κ1) is 26.0. The number of fused-ring (bicyclic) bond motifs is 1. The standard InChI is InChI=1S/C30H34N4O3S/c1-2-19-38(36,37)33-25-15-16-27-26(20-25)28(30(35)32-27)29(23-9-5-3-6-10-23)31-24-13-11-22(12-14-24)21-34-17-7-4-8-18-34/h3,5-6,9-16,20,32-33,35H,2,4,7-8,17-19,21H2,1H3. The van der Waals surface area contributed by atoms with E-state index in [4.69, 9.17) is 4.99 Å². The van der Waals surface area contributed by atoms with Crippen LogP contribution in [0.15, 0.2) is 77.8 Å². The average molecular weight is 531 g/mol. The molecule has 1 aromatic heterocycles. The molecule has 198 valence electrons. The number of nitrogens with one attached hydrogen (secondary N) is 2. The molecule has 0 spiro atoms. The van der Waals surface area contributed by atoms with Gasteiger partial charge in [-0.1, -0.05) is 55.8 Å². The first-order valence-corrected chi connectivity index (χ1v) is 14.9. The van der Waals surface area contributed by atoms with Crippen LogP contribution in [0.25, 0.3) is 10.9 Å². The van der Waals surface area contributed by atoms with Crippen molar-refractivity contribution in [2.24, 2.45) is 4.99 Å². The molecule has 1 aliphatic rings. The molecular formula is C30H34N4O3S. The number of hydrogen-bond acceptors (Lipinski definition) is 5. The highest BCUT2D eigenvalue weighted by atomic mass is 32.2. The predicted molar refractivity (Wildman–Crippen MR) is 155 cm³/mol. The maximum absolute atomic E-state index is 12.4. The van der Waals surface area contributed by atoms with Gasteiger partial charge < -0.3 is 10.1 Å². The Hall–Kier alpha value is -3.62. The number of aromatic hydroxyl groups is 1. The van der Waals surface area contributed by atoms with Gasteiger partial charge in [0.25, 0.3) is 0 Å². The molecule has 3 N–H and O–H groups in total. The number of aromatic amines is 1. The van der Waals surface area contributed by atoms with Crippen LogP contribution >= 0.6 is 0 Å². The third-order valence-electron chi connectivity index (χ3n) is 6.84. The van der Waals surface area contributed by atoms with Crippen molar-refractivity contribution in [1.82, 2.24) is 9.88 Å². The molecule has 38 heavy (non-hydrogen) atoms. The van der Waals surface area contributed by atoms with Gasteiger partial charge in [0.05, 0.1) is 22.7 Å². The summed E-state index contributed by atoms with van der Waals surface area (Å²) < 4.78 is 27.4. The summed E-state index contributed by atoms with van der Waals surface area (Å²) in [6.07, 6.45) is 4.37. The molecule has 4 aromatic rings. The van der Waals surface area contributed by atoms with Crippen molar-refractivity contribution in [2.75, 3.05) is 23.6 Å². The lowest BCUT2D eigenvalue weighted by molar-refractivity contribution is 0.221. The molecule has 0 unspecified atom stereocenters. The Morgan fingerprint density at radius 2 is 1.74 bits per heavy atom. The van der Waals surface area contributed by atoms with E-state index in [9.17, 15) is 13.5 Å². The number of benzene rings is 3. The second kappa shape index (κ2) is 11.4. The van der Waals surface area contributed by atoms with E-state index in [-0.39, 0.29) is 11.6 Å². The fourth-order valence-corrected chi connectivity index (χ4v) is 6.15. The zero-order valence-electron chi connectivity index (χ0n) is 21.7. The largest absolute Gasteiger partial charge is 0.494 e. The molecule has 2 heterocycles. The second-order valence-electron chi connectivity index (χ2n) is 9.86. The van der Waals surface area contributed by atoms with E-state index in [1.165, 1.54) is 24.8 Å². The maximum Gasteiger partial charge on any atom is 0.232 e. The fraction of sp³-hybridized carbons (Fsp3) is 0.300. The highest BCUT2D eigenvalue weighted by Crippen LogP contribution is 2.33. The molecule has 1 aliphatic heterocycles. The minimum atomic E-state index is -3.45. The van der Waals surface area contributed by atoms with Crippen molar-refractivity contribution in [2.45, 2.75) is 39.2 Å². The van der Waals surface area contributed by atoms with Crippen LogP contribution in [0.2, 0.25) is 0 Å². The van der Waals surface area contributed by atoms with Gasteiger partial charge >= 0.3 is 0 Å². The number of nitrogens with zero attached hydrogens (tertiary/aromatic N) is 2. The topological polar surface area (TPSA) is 97.8 Å². The summed E-state index contributed by atoms with van der Waals surface area (Å²) >= 11 is 0. The highest BCUT2D eigenvalue weighted by molar-refractivity contribution is 7.92. The third-order valence-corrected chi connectivity index (χ3v) is 8.33. The van der Waals surface area contributed by atoms with Crippen LogP contribution in [0.3, 0.4) is 0 Å². The molecule has 0 saturated carbocycles. The Kier molecular flexibility index (Phi) is 7.81. The first-order chi connectivity index (χ1) is 18.4. The lowest BCUT2D eigenvalue weighted by atomic mass is 10.0. The highest BCUT2D eigenvalue weighted by Gasteiger charge is 2.20. The summed E-state index contributed by atoms with van der Waals surface area (Å²) in [5.41, 5.74) is 5.15. The number of rotatable bonds is 9. The van der Waals surface area contributed by atoms with E-state index in [0.717, 1.165) is 30.9 Å². The zero-order chi connectivity index (χ0) is 26.5. The summed E-state index contributed by atoms with van der Waals surface area (Å²) in [6.45, 7) is 5.06. The molecule has 0 bridgehead atoms. The van der Waals surface area contributed by atoms with Crippen LogP contribution in [0.5, 0.6) is 5.88 Å². The number of aromatic nitrogens is 1. The van der Waals surface area contributed by atoms with Gasteiger partial charge in [0, 0.05) is 28.7 Å². The monoisotopic (exact) mass is 530 g/mol. The zero-order valence-corrected chi connectivity index (χ0v) is 22.5. The number of H-pyrrole nitrogens is 1. The number of piperidine rings is 1. The Morgan fingerprint density at radius 1 is 1.00 bits per heavy atom. The van der Waals surface area contributed by atoms with Crippen LogP contribution < -0.4 is 4.72 Å². The second-order valence-corrected chi connectivity index (χ2v) is 11.7. The van der Waals surface area contributed by atoms with Gasteiger partial charge in [-0.2, -0.15) is 0 Å². The molecule has 5 rings (SSSR count). The lowest BCUT2D eigenvalue weighted by Crippen LogP contribution is -2.28. The Balaban J connectivity index is 1.53. The quantitative estimate of drug-likeness (QED) is 0.225. The minimum Gasteiger partial charge on any atom is -0.494 e. The summed E-state index contributed by atoms with van der Waals surface area (Å²) in [7, 11) is -3.45. The number of aliphatic imine (C=N–C) groups is 1. The summed E-state index contributed by atoms with van der Waals surface area (Å²) in [5.74, 6) is 0.0266. The minimum absolute atomic E-state index is 0.0158. The normalized spacial score (nSPS) is 15.1. The number of sulfonamides is 1. The predicted octanol–water partition coefficient (Wildman–Crippen LogP) is 6.18. The Morgan fingerprint density at radius 3 is 2.45 bits per heavy atom. The Labute approximate surface area is 224 Å². The van der Waals surface area contributed by atoms with E-state index in [1.807, 2.05) is 49.4 Å². The molecule has 1 saturated heterocycles. The van der Waals surface area contributed by atoms with Gasteiger partial charge in [-0.05, 0) is 68.2 Å². The van der Waals surface area contributed by atoms with Crippen LogP contribution in [0.4, 0.5) is 11.4 Å². The van der Waals surface area contributed by atoms with Gasteiger partial charge in [0.15, 0.2) is 5.88 Å².